The number of nitrogen functional groups attached to an aromatic ring is 1. The molecule has 1 aromatic heterocycles. The van der Waals surface area contributed by atoms with Crippen LogP contribution >= 0.6 is 0 Å². The summed E-state index contributed by atoms with van der Waals surface area (Å²) in [7, 11) is 0. The van der Waals surface area contributed by atoms with Gasteiger partial charge in [-0.05, 0) is 38.8 Å². The molecule has 0 amide bonds. The van der Waals surface area contributed by atoms with Gasteiger partial charge >= 0.3 is 0 Å². The zero-order chi connectivity index (χ0) is 8.59. The molecule has 1 rings (SSSR count). The lowest BCUT2D eigenvalue weighted by molar-refractivity contribution is 1.06. The number of pyridine rings is 1. The first-order valence-corrected chi connectivity index (χ1v) is 3.74. The van der Waals surface area contributed by atoms with Crippen molar-refractivity contribution < 1.29 is 0 Å². The van der Waals surface area contributed by atoms with Crippen LogP contribution in [0, 0.1) is 27.7 Å². The van der Waals surface area contributed by atoms with E-state index in [1.807, 2.05) is 27.7 Å². The summed E-state index contributed by atoms with van der Waals surface area (Å²) in [6.45, 7) is 7.98. The Bertz CT molecular complexity index is 264. The van der Waals surface area contributed by atoms with E-state index < -0.39 is 0 Å². The number of hydrogen-bond donors (Lipinski definition) is 1. The smallest absolute Gasteiger partial charge is 0.0425 e. The Morgan fingerprint density at radius 3 is 1.64 bits per heavy atom. The number of nitrogens with two attached hydrogens (primary N) is 1. The lowest BCUT2D eigenvalue weighted by Gasteiger charge is -2.09. The van der Waals surface area contributed by atoms with Crippen LogP contribution < -0.4 is 5.73 Å². The molecule has 0 aliphatic rings. The van der Waals surface area contributed by atoms with E-state index in [0.717, 1.165) is 28.2 Å². The highest BCUT2D eigenvalue weighted by Crippen LogP contribution is 2.20. The van der Waals surface area contributed by atoms with Crippen LogP contribution in [0.5, 0.6) is 0 Å². The Kier molecular flexibility index (Phi) is 1.85. The number of anilines is 1. The first-order valence-electron chi connectivity index (χ1n) is 3.74. The molecular weight excluding hydrogens is 136 g/mol. The molecule has 0 unspecified atom stereocenters. The molecule has 0 fully saturated rings. The molecule has 2 nitrogen and oxygen atoms in total. The van der Waals surface area contributed by atoms with Crippen LogP contribution in [0.15, 0.2) is 0 Å². The number of aromatic nitrogens is 1. The first-order chi connectivity index (χ1) is 5.04. The molecule has 1 aromatic rings. The molecule has 0 saturated carbocycles. The largest absolute Gasteiger partial charge is 0.398 e. The van der Waals surface area contributed by atoms with Gasteiger partial charge in [-0.3, -0.25) is 4.98 Å². The standard InChI is InChI=1S/C9H14N2/c1-5-7(3)11-8(4)6(2)9(5)10/h1-4H3,(H2,10,11). The Morgan fingerprint density at radius 2 is 1.27 bits per heavy atom. The van der Waals surface area contributed by atoms with E-state index in [-0.39, 0.29) is 0 Å². The van der Waals surface area contributed by atoms with E-state index in [1.54, 1.807) is 0 Å². The van der Waals surface area contributed by atoms with Gasteiger partial charge in [0.2, 0.25) is 0 Å². The van der Waals surface area contributed by atoms with E-state index in [2.05, 4.69) is 4.98 Å². The van der Waals surface area contributed by atoms with Gasteiger partial charge in [-0.1, -0.05) is 0 Å². The van der Waals surface area contributed by atoms with Crippen LogP contribution in [0.2, 0.25) is 0 Å². The fourth-order valence-electron chi connectivity index (χ4n) is 1.09. The minimum Gasteiger partial charge on any atom is -0.398 e. The minimum atomic E-state index is 0.884. The molecule has 0 bridgehead atoms. The maximum Gasteiger partial charge on any atom is 0.0425 e. The summed E-state index contributed by atoms with van der Waals surface area (Å²) in [4.78, 5) is 4.35. The monoisotopic (exact) mass is 150 g/mol. The van der Waals surface area contributed by atoms with E-state index in [1.165, 1.54) is 0 Å². The molecule has 60 valence electrons. The van der Waals surface area contributed by atoms with E-state index in [0.29, 0.717) is 0 Å². The summed E-state index contributed by atoms with van der Waals surface area (Å²) in [5, 5.41) is 0. The average Bonchev–Trinajstić information content (AvgIpc) is 1.97. The molecule has 1 heterocycles. The Labute approximate surface area is 67.5 Å². The van der Waals surface area contributed by atoms with Gasteiger partial charge < -0.3 is 5.73 Å². The zero-order valence-electron chi connectivity index (χ0n) is 7.52. The molecule has 0 spiro atoms. The second-order valence-corrected chi connectivity index (χ2v) is 2.95. The van der Waals surface area contributed by atoms with Crippen molar-refractivity contribution in [1.82, 2.24) is 4.98 Å². The molecule has 11 heavy (non-hydrogen) atoms. The van der Waals surface area contributed by atoms with Crippen molar-refractivity contribution in [2.45, 2.75) is 27.7 Å². The third kappa shape index (κ3) is 1.20. The normalized spacial score (nSPS) is 10.2. The predicted octanol–water partition coefficient (Wildman–Crippen LogP) is 1.90. The highest BCUT2D eigenvalue weighted by Gasteiger charge is 2.04. The maximum absolute atomic E-state index is 5.84. The average molecular weight is 150 g/mol. The van der Waals surface area contributed by atoms with Crippen LogP contribution in [0.3, 0.4) is 0 Å². The van der Waals surface area contributed by atoms with Gasteiger partial charge in [0.1, 0.15) is 0 Å². The molecule has 2 N–H and O–H groups in total. The molecule has 0 saturated heterocycles. The lowest BCUT2D eigenvalue weighted by atomic mass is 10.1. The van der Waals surface area contributed by atoms with Crippen molar-refractivity contribution in [1.29, 1.82) is 0 Å². The molecule has 0 aliphatic carbocycles. The maximum atomic E-state index is 5.84. The van der Waals surface area contributed by atoms with Gasteiger partial charge in [-0.25, -0.2) is 0 Å². The number of rotatable bonds is 0. The Balaban J connectivity index is 3.46. The number of aryl methyl sites for hydroxylation is 2. The molecule has 2 heteroatoms. The van der Waals surface area contributed by atoms with Crippen LogP contribution in [-0.4, -0.2) is 4.98 Å². The first kappa shape index (κ1) is 8.05. The third-order valence-electron chi connectivity index (χ3n) is 2.23. The second kappa shape index (κ2) is 2.53. The predicted molar refractivity (Wildman–Crippen MR) is 47.6 cm³/mol. The molecule has 0 aliphatic heterocycles. The molecule has 0 aromatic carbocycles. The fourth-order valence-corrected chi connectivity index (χ4v) is 1.09. The summed E-state index contributed by atoms with van der Waals surface area (Å²) in [6, 6.07) is 0. The molecule has 0 radical (unpaired) electrons. The second-order valence-electron chi connectivity index (χ2n) is 2.95. The van der Waals surface area contributed by atoms with Crippen molar-refractivity contribution >= 4 is 5.69 Å². The summed E-state index contributed by atoms with van der Waals surface area (Å²) in [5.41, 5.74) is 11.0. The van der Waals surface area contributed by atoms with Crippen molar-refractivity contribution in [2.24, 2.45) is 0 Å². The van der Waals surface area contributed by atoms with Gasteiger partial charge in [-0.2, -0.15) is 0 Å². The zero-order valence-corrected chi connectivity index (χ0v) is 7.52. The van der Waals surface area contributed by atoms with Crippen molar-refractivity contribution in [2.75, 3.05) is 5.73 Å². The Morgan fingerprint density at radius 1 is 0.909 bits per heavy atom. The van der Waals surface area contributed by atoms with Gasteiger partial charge in [0.05, 0.1) is 0 Å². The topological polar surface area (TPSA) is 38.9 Å². The van der Waals surface area contributed by atoms with Crippen LogP contribution in [0.1, 0.15) is 22.5 Å². The summed E-state index contributed by atoms with van der Waals surface area (Å²) in [5.74, 6) is 0. The quantitative estimate of drug-likeness (QED) is 0.613. The SMILES string of the molecule is Cc1nc(C)c(C)c(N)c1C. The van der Waals surface area contributed by atoms with Crippen molar-refractivity contribution in [3.63, 3.8) is 0 Å². The van der Waals surface area contributed by atoms with E-state index >= 15 is 0 Å². The highest BCUT2D eigenvalue weighted by molar-refractivity contribution is 5.55. The van der Waals surface area contributed by atoms with Crippen LogP contribution in [0.4, 0.5) is 5.69 Å². The fraction of sp³-hybridized carbons (Fsp3) is 0.444. The summed E-state index contributed by atoms with van der Waals surface area (Å²) < 4.78 is 0. The van der Waals surface area contributed by atoms with Crippen LogP contribution in [-0.2, 0) is 0 Å². The van der Waals surface area contributed by atoms with E-state index in [4.69, 9.17) is 5.73 Å². The van der Waals surface area contributed by atoms with Gasteiger partial charge in [-0.15, -0.1) is 0 Å². The van der Waals surface area contributed by atoms with Gasteiger partial charge in [0, 0.05) is 17.1 Å². The summed E-state index contributed by atoms with van der Waals surface area (Å²) >= 11 is 0. The Hall–Kier alpha value is -1.05. The highest BCUT2D eigenvalue weighted by atomic mass is 14.7. The number of nitrogens with zero attached hydrogens (tertiary/aromatic N) is 1. The summed E-state index contributed by atoms with van der Waals surface area (Å²) in [6.07, 6.45) is 0. The number of hydrogen-bond acceptors (Lipinski definition) is 2. The van der Waals surface area contributed by atoms with Gasteiger partial charge in [0.15, 0.2) is 0 Å². The van der Waals surface area contributed by atoms with Crippen molar-refractivity contribution in [3.05, 3.63) is 22.5 Å². The molecule has 0 atom stereocenters. The third-order valence-corrected chi connectivity index (χ3v) is 2.23. The lowest BCUT2D eigenvalue weighted by Crippen LogP contribution is -2.01. The minimum absolute atomic E-state index is 0.884. The van der Waals surface area contributed by atoms with Crippen LogP contribution in [0.25, 0.3) is 0 Å². The van der Waals surface area contributed by atoms with Gasteiger partial charge in [0.25, 0.3) is 0 Å². The van der Waals surface area contributed by atoms with Crippen molar-refractivity contribution in [3.8, 4) is 0 Å². The van der Waals surface area contributed by atoms with E-state index in [9.17, 15) is 0 Å². The molecular formula is C9H14N2.